The Hall–Kier alpha value is -2.60. The predicted molar refractivity (Wildman–Crippen MR) is 114 cm³/mol. The highest BCUT2D eigenvalue weighted by Gasteiger charge is 2.25. The van der Waals surface area contributed by atoms with Crippen LogP contribution in [0.3, 0.4) is 0 Å². The number of nitrogens with one attached hydrogen (secondary N) is 2. The van der Waals surface area contributed by atoms with Gasteiger partial charge in [-0.2, -0.15) is 0 Å². The van der Waals surface area contributed by atoms with Gasteiger partial charge in [-0.05, 0) is 61.8 Å². The molecule has 0 amide bonds. The van der Waals surface area contributed by atoms with Crippen molar-refractivity contribution < 1.29 is 4.74 Å². The van der Waals surface area contributed by atoms with Gasteiger partial charge in [-0.15, -0.1) is 0 Å². The van der Waals surface area contributed by atoms with E-state index in [1.165, 1.54) is 5.56 Å². The number of fused-ring (bicyclic) bond motifs is 1. The molecular formula is C21H24N4OS. The number of imidazole rings is 1. The van der Waals surface area contributed by atoms with Crippen molar-refractivity contribution in [2.45, 2.75) is 25.7 Å². The minimum Gasteiger partial charge on any atom is -0.495 e. The Labute approximate surface area is 164 Å². The van der Waals surface area contributed by atoms with E-state index < -0.39 is 0 Å². The highest BCUT2D eigenvalue weighted by atomic mass is 32.1. The standard InChI is InChI=1S/C21H24N4OS/c1-14-9-10-16-18(12-14)23-20(22-16)15-6-5-11-25(13-15)21(27)24-17-7-3-4-8-19(17)26-2/h3-4,7-10,12,15H,5-6,11,13H2,1-2H3,(H,22,23)(H,24,27)/t15-/m1/s1. The van der Waals surface area contributed by atoms with Crippen molar-refractivity contribution >= 4 is 34.1 Å². The van der Waals surface area contributed by atoms with E-state index in [-0.39, 0.29) is 0 Å². The average molecular weight is 381 g/mol. The number of ether oxygens (including phenoxy) is 1. The Morgan fingerprint density at radius 1 is 1.30 bits per heavy atom. The molecule has 6 heteroatoms. The number of rotatable bonds is 3. The van der Waals surface area contributed by atoms with Gasteiger partial charge in [0.15, 0.2) is 5.11 Å². The third-order valence-corrected chi connectivity index (χ3v) is 5.46. The molecule has 1 aliphatic rings. The van der Waals surface area contributed by atoms with Gasteiger partial charge in [0, 0.05) is 19.0 Å². The summed E-state index contributed by atoms with van der Waals surface area (Å²) >= 11 is 5.68. The number of benzene rings is 2. The van der Waals surface area contributed by atoms with Gasteiger partial charge >= 0.3 is 0 Å². The maximum Gasteiger partial charge on any atom is 0.173 e. The zero-order chi connectivity index (χ0) is 18.8. The molecule has 3 aromatic rings. The van der Waals surface area contributed by atoms with E-state index in [2.05, 4.69) is 40.3 Å². The van der Waals surface area contributed by atoms with Crippen molar-refractivity contribution in [3.8, 4) is 5.75 Å². The van der Waals surface area contributed by atoms with Gasteiger partial charge < -0.3 is 19.9 Å². The number of aromatic nitrogens is 2. The number of methoxy groups -OCH3 is 1. The molecule has 2 heterocycles. The van der Waals surface area contributed by atoms with Crippen LogP contribution in [0.5, 0.6) is 5.75 Å². The third-order valence-electron chi connectivity index (χ3n) is 5.10. The van der Waals surface area contributed by atoms with Crippen LogP contribution in [-0.2, 0) is 0 Å². The molecule has 1 aromatic heterocycles. The number of aryl methyl sites for hydroxylation is 1. The first-order chi connectivity index (χ1) is 13.1. The molecule has 0 radical (unpaired) electrons. The van der Waals surface area contributed by atoms with Crippen LogP contribution in [-0.4, -0.2) is 40.2 Å². The molecule has 1 fully saturated rings. The second kappa shape index (κ2) is 7.56. The summed E-state index contributed by atoms with van der Waals surface area (Å²) in [6.45, 7) is 3.92. The van der Waals surface area contributed by atoms with Gasteiger partial charge in [-0.3, -0.25) is 0 Å². The highest BCUT2D eigenvalue weighted by Crippen LogP contribution is 2.29. The number of likely N-dealkylation sites (tertiary alicyclic amines) is 1. The normalized spacial score (nSPS) is 17.1. The van der Waals surface area contributed by atoms with Gasteiger partial charge in [0.05, 0.1) is 23.8 Å². The summed E-state index contributed by atoms with van der Waals surface area (Å²) in [6, 6.07) is 14.2. The molecule has 2 N–H and O–H groups in total. The number of aromatic amines is 1. The number of anilines is 1. The van der Waals surface area contributed by atoms with Crippen LogP contribution in [0.25, 0.3) is 11.0 Å². The smallest absolute Gasteiger partial charge is 0.173 e. The van der Waals surface area contributed by atoms with Gasteiger partial charge in [-0.1, -0.05) is 18.2 Å². The summed E-state index contributed by atoms with van der Waals surface area (Å²) < 4.78 is 5.41. The fraction of sp³-hybridized carbons (Fsp3) is 0.333. The molecule has 1 atom stereocenters. The second-order valence-electron chi connectivity index (χ2n) is 7.06. The molecule has 140 valence electrons. The van der Waals surface area contributed by atoms with Crippen molar-refractivity contribution in [2.75, 3.05) is 25.5 Å². The molecule has 0 bridgehead atoms. The second-order valence-corrected chi connectivity index (χ2v) is 7.44. The molecule has 27 heavy (non-hydrogen) atoms. The number of thiocarbonyl (C=S) groups is 1. The zero-order valence-electron chi connectivity index (χ0n) is 15.7. The minimum absolute atomic E-state index is 0.351. The van der Waals surface area contributed by atoms with E-state index in [0.29, 0.717) is 5.92 Å². The Morgan fingerprint density at radius 3 is 3.00 bits per heavy atom. The van der Waals surface area contributed by atoms with Gasteiger partial charge in [0.1, 0.15) is 11.6 Å². The van der Waals surface area contributed by atoms with E-state index >= 15 is 0 Å². The van der Waals surface area contributed by atoms with Crippen LogP contribution in [0.4, 0.5) is 5.69 Å². The van der Waals surface area contributed by atoms with Gasteiger partial charge in [-0.25, -0.2) is 4.98 Å². The maximum absolute atomic E-state index is 5.68. The van der Waals surface area contributed by atoms with Crippen LogP contribution in [0.2, 0.25) is 0 Å². The SMILES string of the molecule is COc1ccccc1NC(=S)N1CCC[C@@H](c2nc3ccc(C)cc3[nH]2)C1. The Kier molecular flexibility index (Phi) is 4.99. The molecule has 0 aliphatic carbocycles. The first-order valence-electron chi connectivity index (χ1n) is 9.29. The highest BCUT2D eigenvalue weighted by molar-refractivity contribution is 7.80. The Balaban J connectivity index is 1.49. The molecule has 1 aliphatic heterocycles. The quantitative estimate of drug-likeness (QED) is 0.657. The van der Waals surface area contributed by atoms with Crippen molar-refractivity contribution in [2.24, 2.45) is 0 Å². The Morgan fingerprint density at radius 2 is 2.15 bits per heavy atom. The molecular weight excluding hydrogens is 356 g/mol. The number of piperidine rings is 1. The molecule has 1 saturated heterocycles. The minimum atomic E-state index is 0.351. The molecule has 5 nitrogen and oxygen atoms in total. The molecule has 0 unspecified atom stereocenters. The maximum atomic E-state index is 5.68. The first kappa shape index (κ1) is 17.8. The van der Waals surface area contributed by atoms with Crippen molar-refractivity contribution in [3.05, 3.63) is 53.9 Å². The monoisotopic (exact) mass is 380 g/mol. The fourth-order valence-corrected chi connectivity index (χ4v) is 3.94. The summed E-state index contributed by atoms with van der Waals surface area (Å²) in [4.78, 5) is 10.6. The van der Waals surface area contributed by atoms with Crippen molar-refractivity contribution in [1.29, 1.82) is 0 Å². The van der Waals surface area contributed by atoms with Crippen LogP contribution in [0.15, 0.2) is 42.5 Å². The molecule has 2 aromatic carbocycles. The first-order valence-corrected chi connectivity index (χ1v) is 9.70. The number of para-hydroxylation sites is 2. The Bertz CT molecular complexity index is 968. The van der Waals surface area contributed by atoms with Crippen LogP contribution in [0, 0.1) is 6.92 Å². The van der Waals surface area contributed by atoms with Crippen LogP contribution >= 0.6 is 12.2 Å². The topological polar surface area (TPSA) is 53.2 Å². The molecule has 0 saturated carbocycles. The van der Waals surface area contributed by atoms with Crippen LogP contribution < -0.4 is 10.1 Å². The lowest BCUT2D eigenvalue weighted by Gasteiger charge is -2.34. The lowest BCUT2D eigenvalue weighted by molar-refractivity contribution is 0.306. The van der Waals surface area contributed by atoms with E-state index in [4.69, 9.17) is 21.9 Å². The summed E-state index contributed by atoms with van der Waals surface area (Å²) in [5.74, 6) is 2.20. The van der Waals surface area contributed by atoms with Gasteiger partial charge in [0.2, 0.25) is 0 Å². The average Bonchev–Trinajstić information content (AvgIpc) is 3.11. The van der Waals surface area contributed by atoms with E-state index in [1.807, 2.05) is 24.3 Å². The van der Waals surface area contributed by atoms with Crippen LogP contribution in [0.1, 0.15) is 30.1 Å². The fourth-order valence-electron chi connectivity index (χ4n) is 3.66. The summed E-state index contributed by atoms with van der Waals surface area (Å²) in [7, 11) is 1.67. The summed E-state index contributed by atoms with van der Waals surface area (Å²) in [5, 5.41) is 4.07. The number of nitrogens with zero attached hydrogens (tertiary/aromatic N) is 2. The molecule has 0 spiro atoms. The summed E-state index contributed by atoms with van der Waals surface area (Å²) in [6.07, 6.45) is 2.21. The van der Waals surface area contributed by atoms with E-state index in [0.717, 1.165) is 59.3 Å². The molecule has 4 rings (SSSR count). The third kappa shape index (κ3) is 3.76. The predicted octanol–water partition coefficient (Wildman–Crippen LogP) is 4.46. The van der Waals surface area contributed by atoms with E-state index in [9.17, 15) is 0 Å². The zero-order valence-corrected chi connectivity index (χ0v) is 16.5. The van der Waals surface area contributed by atoms with E-state index in [1.54, 1.807) is 7.11 Å². The van der Waals surface area contributed by atoms with Gasteiger partial charge in [0.25, 0.3) is 0 Å². The summed E-state index contributed by atoms with van der Waals surface area (Å²) in [5.41, 5.74) is 4.27. The lowest BCUT2D eigenvalue weighted by Crippen LogP contribution is -2.41. The number of hydrogen-bond acceptors (Lipinski definition) is 3. The number of H-pyrrole nitrogens is 1. The largest absolute Gasteiger partial charge is 0.495 e. The lowest BCUT2D eigenvalue weighted by atomic mass is 9.98. The number of hydrogen-bond donors (Lipinski definition) is 2. The van der Waals surface area contributed by atoms with Crippen molar-refractivity contribution in [1.82, 2.24) is 14.9 Å². The van der Waals surface area contributed by atoms with Crippen molar-refractivity contribution in [3.63, 3.8) is 0 Å².